The van der Waals surface area contributed by atoms with Crippen molar-refractivity contribution in [1.82, 2.24) is 9.97 Å². The second kappa shape index (κ2) is 8.00. The number of carbonyl (C=O) groups excluding carboxylic acids is 2. The van der Waals surface area contributed by atoms with Gasteiger partial charge in [-0.15, -0.1) is 22.7 Å². The third-order valence-corrected chi connectivity index (χ3v) is 8.07. The third-order valence-electron chi connectivity index (χ3n) is 5.87. The predicted octanol–water partition coefficient (Wildman–Crippen LogP) is 5.77. The monoisotopic (exact) mass is 486 g/mol. The Hall–Kier alpha value is -3.62. The first-order valence-electron chi connectivity index (χ1n) is 10.7. The smallest absolute Gasteiger partial charge is 0.205 e. The number of thiophene rings is 2. The number of benzene rings is 1. The van der Waals surface area contributed by atoms with Gasteiger partial charge >= 0.3 is 0 Å². The van der Waals surface area contributed by atoms with Gasteiger partial charge in [-0.25, -0.2) is 9.97 Å². The number of nitrogens with two attached hydrogens (primary N) is 2. The van der Waals surface area contributed by atoms with Crippen LogP contribution >= 0.6 is 22.7 Å². The highest BCUT2D eigenvalue weighted by Gasteiger charge is 2.23. The Morgan fingerprint density at radius 2 is 1.03 bits per heavy atom. The summed E-state index contributed by atoms with van der Waals surface area (Å²) in [6.45, 7) is 7.77. The molecule has 0 fully saturated rings. The van der Waals surface area contributed by atoms with Gasteiger partial charge in [0.05, 0.1) is 11.4 Å². The number of anilines is 2. The molecule has 1 aromatic carbocycles. The topological polar surface area (TPSA) is 112 Å². The maximum absolute atomic E-state index is 13.2. The van der Waals surface area contributed by atoms with Crippen molar-refractivity contribution in [3.8, 4) is 0 Å². The molecule has 0 atom stereocenters. The normalized spacial score (nSPS) is 11.4. The van der Waals surface area contributed by atoms with E-state index in [0.29, 0.717) is 32.3 Å². The van der Waals surface area contributed by atoms with Crippen molar-refractivity contribution in [3.05, 3.63) is 79.8 Å². The first-order valence-corrected chi connectivity index (χ1v) is 12.3. The van der Waals surface area contributed by atoms with E-state index in [2.05, 4.69) is 9.97 Å². The van der Waals surface area contributed by atoms with E-state index >= 15 is 0 Å². The van der Waals surface area contributed by atoms with Crippen molar-refractivity contribution in [3.63, 3.8) is 0 Å². The molecule has 0 saturated heterocycles. The lowest BCUT2D eigenvalue weighted by Crippen LogP contribution is -2.05. The molecule has 4 heterocycles. The Labute approximate surface area is 204 Å². The van der Waals surface area contributed by atoms with Crippen LogP contribution < -0.4 is 11.5 Å². The summed E-state index contributed by atoms with van der Waals surface area (Å²) in [5.74, 6) is -0.374. The van der Waals surface area contributed by atoms with Gasteiger partial charge in [-0.2, -0.15) is 0 Å². The number of nitrogens with zero attached hydrogens (tertiary/aromatic N) is 2. The Balaban J connectivity index is 1.49. The maximum Gasteiger partial charge on any atom is 0.205 e. The van der Waals surface area contributed by atoms with E-state index < -0.39 is 0 Å². The minimum absolute atomic E-state index is 0.187. The SMILES string of the molecule is Cc1cc(C)c2c(N)c(C(=O)c3ccc(C(=O)c4sc5nc(C)cc(C)c5c4N)cc3)sc2n1. The average molecular weight is 487 g/mol. The summed E-state index contributed by atoms with van der Waals surface area (Å²) in [5.41, 5.74) is 18.3. The highest BCUT2D eigenvalue weighted by molar-refractivity contribution is 7.21. The molecular formula is C26H22N4O2S2. The summed E-state index contributed by atoms with van der Waals surface area (Å²) < 4.78 is 0. The molecule has 34 heavy (non-hydrogen) atoms. The molecule has 5 aromatic rings. The molecule has 0 radical (unpaired) electrons. The Morgan fingerprint density at radius 3 is 1.38 bits per heavy atom. The van der Waals surface area contributed by atoms with E-state index in [1.54, 1.807) is 24.3 Å². The fourth-order valence-electron chi connectivity index (χ4n) is 4.31. The van der Waals surface area contributed by atoms with Crippen molar-refractivity contribution in [2.45, 2.75) is 27.7 Å². The van der Waals surface area contributed by atoms with Gasteiger partial charge in [0.15, 0.2) is 0 Å². The lowest BCUT2D eigenvalue weighted by Gasteiger charge is -2.04. The van der Waals surface area contributed by atoms with Gasteiger partial charge < -0.3 is 11.5 Å². The third kappa shape index (κ3) is 3.46. The van der Waals surface area contributed by atoms with Gasteiger partial charge in [-0.3, -0.25) is 9.59 Å². The van der Waals surface area contributed by atoms with E-state index in [1.807, 2.05) is 39.8 Å². The Bertz CT molecular complexity index is 1520. The number of hydrogen-bond donors (Lipinski definition) is 2. The number of ketones is 2. The van der Waals surface area contributed by atoms with Crippen LogP contribution in [-0.2, 0) is 0 Å². The van der Waals surface area contributed by atoms with Crippen LogP contribution in [0.4, 0.5) is 11.4 Å². The standard InChI is InChI=1S/C26H22N4O2S2/c1-11-9-13(3)29-25-17(11)19(27)23(33-25)21(31)15-5-7-16(8-6-15)22(32)24-20(28)18-12(2)10-14(4)30-26(18)34-24/h5-10H,27-28H2,1-4H3. The summed E-state index contributed by atoms with van der Waals surface area (Å²) in [6, 6.07) is 10.5. The molecule has 4 N–H and O–H groups in total. The zero-order valence-corrected chi connectivity index (χ0v) is 20.8. The highest BCUT2D eigenvalue weighted by Crippen LogP contribution is 2.38. The zero-order chi connectivity index (χ0) is 24.3. The second-order valence-electron chi connectivity index (χ2n) is 8.45. The summed E-state index contributed by atoms with van der Waals surface area (Å²) in [6.07, 6.45) is 0. The highest BCUT2D eigenvalue weighted by atomic mass is 32.1. The molecule has 0 aliphatic heterocycles. The van der Waals surface area contributed by atoms with E-state index in [-0.39, 0.29) is 11.6 Å². The van der Waals surface area contributed by atoms with Crippen LogP contribution in [0.3, 0.4) is 0 Å². The van der Waals surface area contributed by atoms with Crippen LogP contribution in [0.1, 0.15) is 53.0 Å². The van der Waals surface area contributed by atoms with Gasteiger partial charge in [-0.1, -0.05) is 24.3 Å². The van der Waals surface area contributed by atoms with Gasteiger partial charge in [-0.05, 0) is 51.0 Å². The summed E-state index contributed by atoms with van der Waals surface area (Å²) in [4.78, 5) is 37.9. The number of aryl methyl sites for hydroxylation is 4. The van der Waals surface area contributed by atoms with Gasteiger partial charge in [0.25, 0.3) is 0 Å². The molecule has 0 saturated carbocycles. The quantitative estimate of drug-likeness (QED) is 0.312. The summed E-state index contributed by atoms with van der Waals surface area (Å²) in [5, 5.41) is 1.65. The van der Waals surface area contributed by atoms with E-state index in [1.165, 1.54) is 22.7 Å². The van der Waals surface area contributed by atoms with Gasteiger partial charge in [0.2, 0.25) is 11.6 Å². The number of aromatic nitrogens is 2. The van der Waals surface area contributed by atoms with Crippen LogP contribution in [0.2, 0.25) is 0 Å². The molecule has 8 heteroatoms. The van der Waals surface area contributed by atoms with Crippen LogP contribution in [-0.4, -0.2) is 21.5 Å². The molecular weight excluding hydrogens is 464 g/mol. The first-order chi connectivity index (χ1) is 16.2. The minimum Gasteiger partial charge on any atom is -0.397 e. The van der Waals surface area contributed by atoms with Crippen LogP contribution in [0.15, 0.2) is 36.4 Å². The Kier molecular flexibility index (Phi) is 5.22. The maximum atomic E-state index is 13.2. The lowest BCUT2D eigenvalue weighted by atomic mass is 10.0. The van der Waals surface area contributed by atoms with Crippen molar-refractivity contribution >= 4 is 66.0 Å². The fourth-order valence-corrected chi connectivity index (χ4v) is 6.67. The molecule has 5 rings (SSSR count). The predicted molar refractivity (Wildman–Crippen MR) is 140 cm³/mol. The number of fused-ring (bicyclic) bond motifs is 2. The van der Waals surface area contributed by atoms with E-state index in [4.69, 9.17) is 11.5 Å². The van der Waals surface area contributed by atoms with Crippen molar-refractivity contribution in [2.75, 3.05) is 11.5 Å². The number of nitrogen functional groups attached to an aromatic ring is 2. The molecule has 4 aromatic heterocycles. The van der Waals surface area contributed by atoms with E-state index in [9.17, 15) is 9.59 Å². The fraction of sp³-hybridized carbons (Fsp3) is 0.154. The van der Waals surface area contributed by atoms with Crippen molar-refractivity contribution < 1.29 is 9.59 Å². The molecule has 0 aliphatic rings. The molecule has 0 bridgehead atoms. The molecule has 0 amide bonds. The summed E-state index contributed by atoms with van der Waals surface area (Å²) in [7, 11) is 0. The molecule has 0 aliphatic carbocycles. The van der Waals surface area contributed by atoms with Crippen molar-refractivity contribution in [2.24, 2.45) is 0 Å². The minimum atomic E-state index is -0.187. The van der Waals surface area contributed by atoms with Crippen LogP contribution in [0.5, 0.6) is 0 Å². The molecule has 6 nitrogen and oxygen atoms in total. The largest absolute Gasteiger partial charge is 0.397 e. The van der Waals surface area contributed by atoms with Gasteiger partial charge in [0.1, 0.15) is 19.4 Å². The number of pyridine rings is 2. The van der Waals surface area contributed by atoms with Gasteiger partial charge in [0, 0.05) is 33.3 Å². The first kappa shape index (κ1) is 22.2. The number of carbonyl (C=O) groups is 2. The van der Waals surface area contributed by atoms with Crippen LogP contribution in [0.25, 0.3) is 20.4 Å². The molecule has 170 valence electrons. The Morgan fingerprint density at radius 1 is 0.676 bits per heavy atom. The molecule has 0 unspecified atom stereocenters. The molecule has 0 spiro atoms. The number of hydrogen-bond acceptors (Lipinski definition) is 8. The summed E-state index contributed by atoms with van der Waals surface area (Å²) >= 11 is 2.59. The second-order valence-corrected chi connectivity index (χ2v) is 10.4. The number of rotatable bonds is 4. The lowest BCUT2D eigenvalue weighted by molar-refractivity contribution is 0.103. The van der Waals surface area contributed by atoms with E-state index in [0.717, 1.165) is 42.9 Å². The zero-order valence-electron chi connectivity index (χ0n) is 19.1. The van der Waals surface area contributed by atoms with Crippen LogP contribution in [0, 0.1) is 27.7 Å². The average Bonchev–Trinajstić information content (AvgIpc) is 3.29. The van der Waals surface area contributed by atoms with Crippen molar-refractivity contribution in [1.29, 1.82) is 0 Å².